The molecule has 0 saturated carbocycles. The van der Waals surface area contributed by atoms with E-state index in [1.165, 1.54) is 23.1 Å². The van der Waals surface area contributed by atoms with Gasteiger partial charge in [-0.15, -0.1) is 23.1 Å². The fraction of sp³-hybridized carbons (Fsp3) is 0.250. The summed E-state index contributed by atoms with van der Waals surface area (Å²) in [4.78, 5) is 29.6. The van der Waals surface area contributed by atoms with E-state index in [1.807, 2.05) is 50.2 Å². The predicted octanol–water partition coefficient (Wildman–Crippen LogP) is 4.27. The van der Waals surface area contributed by atoms with Gasteiger partial charge < -0.3 is 10.1 Å². The van der Waals surface area contributed by atoms with Gasteiger partial charge in [0.15, 0.2) is 0 Å². The highest BCUT2D eigenvalue weighted by molar-refractivity contribution is 8.00. The molecule has 0 fully saturated rings. The first-order chi connectivity index (χ1) is 13.0. The molecule has 0 unspecified atom stereocenters. The summed E-state index contributed by atoms with van der Waals surface area (Å²) in [5.74, 6) is -0.227. The number of benzene rings is 2. The van der Waals surface area contributed by atoms with Gasteiger partial charge in [-0.25, -0.2) is 9.78 Å². The van der Waals surface area contributed by atoms with E-state index in [-0.39, 0.29) is 24.3 Å². The normalized spacial score (nSPS) is 10.9. The number of nitrogens with one attached hydrogen (secondary N) is 1. The summed E-state index contributed by atoms with van der Waals surface area (Å²) in [6.07, 6.45) is 0. The maximum atomic E-state index is 12.5. The molecule has 1 N–H and O–H groups in total. The van der Waals surface area contributed by atoms with Crippen molar-refractivity contribution in [2.24, 2.45) is 0 Å². The number of nitrogens with zero attached hydrogens (tertiary/aromatic N) is 1. The SMILES string of the molecule is CC(C)NC(=O)CSc1ccccc1C(=O)OCc1nc2ccccc2s1. The third-order valence-electron chi connectivity index (χ3n) is 3.58. The van der Waals surface area contributed by atoms with Crippen molar-refractivity contribution in [2.75, 3.05) is 5.75 Å². The number of aromatic nitrogens is 1. The number of carbonyl (C=O) groups is 2. The molecule has 7 heteroatoms. The molecule has 3 rings (SSSR count). The fourth-order valence-electron chi connectivity index (χ4n) is 2.45. The van der Waals surface area contributed by atoms with Gasteiger partial charge in [0.1, 0.15) is 11.6 Å². The summed E-state index contributed by atoms with van der Waals surface area (Å²) in [6.45, 7) is 3.96. The molecule has 5 nitrogen and oxygen atoms in total. The van der Waals surface area contributed by atoms with E-state index < -0.39 is 5.97 Å². The minimum absolute atomic E-state index is 0.0624. The highest BCUT2D eigenvalue weighted by Gasteiger charge is 2.15. The van der Waals surface area contributed by atoms with Gasteiger partial charge in [-0.05, 0) is 38.1 Å². The molecule has 27 heavy (non-hydrogen) atoms. The Kier molecular flexibility index (Phi) is 6.47. The Morgan fingerprint density at radius 3 is 2.67 bits per heavy atom. The molecule has 1 heterocycles. The molecule has 2 aromatic carbocycles. The first-order valence-corrected chi connectivity index (χ1v) is 10.4. The predicted molar refractivity (Wildman–Crippen MR) is 109 cm³/mol. The lowest BCUT2D eigenvalue weighted by Crippen LogP contribution is -2.31. The van der Waals surface area contributed by atoms with Gasteiger partial charge in [-0.2, -0.15) is 0 Å². The number of amides is 1. The first kappa shape index (κ1) is 19.4. The van der Waals surface area contributed by atoms with Crippen molar-refractivity contribution in [3.63, 3.8) is 0 Å². The third-order valence-corrected chi connectivity index (χ3v) is 5.66. The van der Waals surface area contributed by atoms with Crippen LogP contribution in [0.1, 0.15) is 29.2 Å². The fourth-order valence-corrected chi connectivity index (χ4v) is 4.19. The molecule has 0 radical (unpaired) electrons. The molecule has 140 valence electrons. The van der Waals surface area contributed by atoms with Gasteiger partial charge in [0.25, 0.3) is 0 Å². The second-order valence-corrected chi connectivity index (χ2v) is 8.29. The van der Waals surface area contributed by atoms with Crippen molar-refractivity contribution in [1.82, 2.24) is 10.3 Å². The molecule has 0 aliphatic carbocycles. The molecule has 0 saturated heterocycles. The van der Waals surface area contributed by atoms with Crippen LogP contribution in [0.5, 0.6) is 0 Å². The summed E-state index contributed by atoms with van der Waals surface area (Å²) >= 11 is 2.84. The molecule has 0 aliphatic heterocycles. The number of hydrogen-bond acceptors (Lipinski definition) is 6. The van der Waals surface area contributed by atoms with Crippen LogP contribution in [0.25, 0.3) is 10.2 Å². The topological polar surface area (TPSA) is 68.3 Å². The maximum Gasteiger partial charge on any atom is 0.339 e. The van der Waals surface area contributed by atoms with Crippen LogP contribution in [0.2, 0.25) is 0 Å². The van der Waals surface area contributed by atoms with E-state index in [2.05, 4.69) is 10.3 Å². The number of fused-ring (bicyclic) bond motifs is 1. The Balaban J connectivity index is 1.63. The maximum absolute atomic E-state index is 12.5. The van der Waals surface area contributed by atoms with Crippen molar-refractivity contribution >= 4 is 45.2 Å². The monoisotopic (exact) mass is 400 g/mol. The summed E-state index contributed by atoms with van der Waals surface area (Å²) in [5, 5.41) is 3.59. The zero-order valence-corrected chi connectivity index (χ0v) is 16.7. The Morgan fingerprint density at radius 1 is 1.15 bits per heavy atom. The van der Waals surface area contributed by atoms with Gasteiger partial charge in [0, 0.05) is 10.9 Å². The van der Waals surface area contributed by atoms with Crippen LogP contribution in [0.15, 0.2) is 53.4 Å². The van der Waals surface area contributed by atoms with Crippen LogP contribution >= 0.6 is 23.1 Å². The summed E-state index contributed by atoms with van der Waals surface area (Å²) in [7, 11) is 0. The smallest absolute Gasteiger partial charge is 0.339 e. The van der Waals surface area contributed by atoms with Crippen molar-refractivity contribution in [3.8, 4) is 0 Å². The molecule has 0 aliphatic rings. The van der Waals surface area contributed by atoms with E-state index in [4.69, 9.17) is 4.74 Å². The molecular formula is C20H20N2O3S2. The third kappa shape index (κ3) is 5.30. The number of hydrogen-bond donors (Lipinski definition) is 1. The summed E-state index contributed by atoms with van der Waals surface area (Å²) in [5.41, 5.74) is 1.36. The average Bonchev–Trinajstić information content (AvgIpc) is 3.07. The van der Waals surface area contributed by atoms with Crippen LogP contribution in [0.3, 0.4) is 0 Å². The van der Waals surface area contributed by atoms with E-state index in [0.717, 1.165) is 20.1 Å². The van der Waals surface area contributed by atoms with Crippen LogP contribution < -0.4 is 5.32 Å². The Hall–Kier alpha value is -2.38. The van der Waals surface area contributed by atoms with E-state index in [0.29, 0.717) is 5.56 Å². The van der Waals surface area contributed by atoms with Crippen molar-refractivity contribution in [1.29, 1.82) is 0 Å². The standard InChI is InChI=1S/C20H20N2O3S2/c1-13(2)21-18(23)12-26-16-9-5-3-7-14(16)20(24)25-11-19-22-15-8-4-6-10-17(15)27-19/h3-10,13H,11-12H2,1-2H3,(H,21,23). The van der Waals surface area contributed by atoms with Crippen LogP contribution in [-0.4, -0.2) is 28.7 Å². The zero-order valence-electron chi connectivity index (χ0n) is 15.1. The minimum atomic E-state index is -0.415. The molecule has 3 aromatic rings. The van der Waals surface area contributed by atoms with E-state index in [1.54, 1.807) is 12.1 Å². The van der Waals surface area contributed by atoms with Gasteiger partial charge in [-0.3, -0.25) is 4.79 Å². The van der Waals surface area contributed by atoms with Crippen LogP contribution in [0, 0.1) is 0 Å². The highest BCUT2D eigenvalue weighted by atomic mass is 32.2. The molecule has 0 bridgehead atoms. The van der Waals surface area contributed by atoms with E-state index >= 15 is 0 Å². The van der Waals surface area contributed by atoms with Crippen molar-refractivity contribution < 1.29 is 14.3 Å². The molecule has 1 aromatic heterocycles. The van der Waals surface area contributed by atoms with Crippen LogP contribution in [0.4, 0.5) is 0 Å². The Morgan fingerprint density at radius 2 is 1.89 bits per heavy atom. The number of ether oxygens (including phenoxy) is 1. The quantitative estimate of drug-likeness (QED) is 0.474. The lowest BCUT2D eigenvalue weighted by molar-refractivity contribution is -0.119. The van der Waals surface area contributed by atoms with Crippen molar-refractivity contribution in [2.45, 2.75) is 31.4 Å². The molecule has 0 atom stereocenters. The van der Waals surface area contributed by atoms with Crippen molar-refractivity contribution in [3.05, 3.63) is 59.1 Å². The lowest BCUT2D eigenvalue weighted by atomic mass is 10.2. The van der Waals surface area contributed by atoms with Crippen LogP contribution in [-0.2, 0) is 16.1 Å². The van der Waals surface area contributed by atoms with Gasteiger partial charge in [0.05, 0.1) is 21.5 Å². The van der Waals surface area contributed by atoms with Gasteiger partial charge in [-0.1, -0.05) is 24.3 Å². The van der Waals surface area contributed by atoms with Gasteiger partial charge >= 0.3 is 5.97 Å². The zero-order chi connectivity index (χ0) is 19.2. The largest absolute Gasteiger partial charge is 0.455 e. The number of carbonyl (C=O) groups excluding carboxylic acids is 2. The number of thiazole rings is 1. The second kappa shape index (κ2) is 9.01. The number of thioether (sulfide) groups is 1. The van der Waals surface area contributed by atoms with E-state index in [9.17, 15) is 9.59 Å². The first-order valence-electron chi connectivity index (χ1n) is 8.55. The number of para-hydroxylation sites is 1. The molecule has 0 spiro atoms. The Labute approximate surface area is 166 Å². The minimum Gasteiger partial charge on any atom is -0.455 e. The summed E-state index contributed by atoms with van der Waals surface area (Å²) in [6, 6.07) is 15.1. The highest BCUT2D eigenvalue weighted by Crippen LogP contribution is 2.25. The van der Waals surface area contributed by atoms with Gasteiger partial charge in [0.2, 0.25) is 5.91 Å². The average molecular weight is 401 g/mol. The molecule has 1 amide bonds. The second-order valence-electron chi connectivity index (χ2n) is 6.16. The lowest BCUT2D eigenvalue weighted by Gasteiger charge is -2.10. The Bertz CT molecular complexity index is 920. The number of rotatable bonds is 7. The number of esters is 1. The summed E-state index contributed by atoms with van der Waals surface area (Å²) < 4.78 is 6.52. The molecular weight excluding hydrogens is 380 g/mol.